The van der Waals surface area contributed by atoms with E-state index >= 15 is 0 Å². The second-order valence-corrected chi connectivity index (χ2v) is 7.57. The van der Waals surface area contributed by atoms with Crippen molar-refractivity contribution in [1.29, 1.82) is 0 Å². The highest BCUT2D eigenvalue weighted by Gasteiger charge is 2.19. The third-order valence-corrected chi connectivity index (χ3v) is 5.96. The zero-order valence-electron chi connectivity index (χ0n) is 15.6. The van der Waals surface area contributed by atoms with Crippen LogP contribution < -0.4 is 0 Å². The SMILES string of the molecule is CCN(CC)CCCN=C1c2ccccc2CSc2ccc(C)cc21. The van der Waals surface area contributed by atoms with Gasteiger partial charge in [-0.15, -0.1) is 11.8 Å². The Morgan fingerprint density at radius 3 is 2.64 bits per heavy atom. The molecule has 0 bridgehead atoms. The number of benzene rings is 2. The molecule has 0 saturated heterocycles. The van der Waals surface area contributed by atoms with Crippen LogP contribution >= 0.6 is 11.8 Å². The number of nitrogens with zero attached hydrogens (tertiary/aromatic N) is 2. The second-order valence-electron chi connectivity index (χ2n) is 6.56. The van der Waals surface area contributed by atoms with Crippen LogP contribution in [-0.4, -0.2) is 36.8 Å². The molecule has 0 unspecified atom stereocenters. The van der Waals surface area contributed by atoms with Crippen LogP contribution in [0.2, 0.25) is 0 Å². The Balaban J connectivity index is 1.90. The molecule has 0 spiro atoms. The molecule has 0 saturated carbocycles. The molecule has 0 aliphatic carbocycles. The zero-order chi connectivity index (χ0) is 17.6. The largest absolute Gasteiger partial charge is 0.304 e. The summed E-state index contributed by atoms with van der Waals surface area (Å²) in [5, 5.41) is 0. The van der Waals surface area contributed by atoms with E-state index in [0.29, 0.717) is 0 Å². The van der Waals surface area contributed by atoms with Crippen LogP contribution in [0.3, 0.4) is 0 Å². The summed E-state index contributed by atoms with van der Waals surface area (Å²) in [6.07, 6.45) is 1.11. The summed E-state index contributed by atoms with van der Waals surface area (Å²) >= 11 is 1.93. The Kier molecular flexibility index (Phi) is 6.33. The van der Waals surface area contributed by atoms with Crippen molar-refractivity contribution in [2.24, 2.45) is 4.99 Å². The fraction of sp³-hybridized carbons (Fsp3) is 0.409. The standard InChI is InChI=1S/C22H28N2S/c1-4-24(5-2)14-8-13-23-22-19-10-7-6-9-18(19)16-25-21-12-11-17(3)15-20(21)22/h6-7,9-12,15H,4-5,8,13-14,16H2,1-3H3. The highest BCUT2D eigenvalue weighted by atomic mass is 32.2. The lowest BCUT2D eigenvalue weighted by Crippen LogP contribution is -2.24. The first kappa shape index (κ1) is 18.2. The van der Waals surface area contributed by atoms with Crippen molar-refractivity contribution in [3.8, 4) is 0 Å². The Labute approximate surface area is 156 Å². The lowest BCUT2D eigenvalue weighted by molar-refractivity contribution is 0.302. The molecule has 3 rings (SSSR count). The third-order valence-electron chi connectivity index (χ3n) is 4.84. The average molecular weight is 353 g/mol. The van der Waals surface area contributed by atoms with Gasteiger partial charge < -0.3 is 4.90 Å². The number of hydrogen-bond donors (Lipinski definition) is 0. The number of aliphatic imine (C=N–C) groups is 1. The highest BCUT2D eigenvalue weighted by Crippen LogP contribution is 2.34. The molecular weight excluding hydrogens is 324 g/mol. The average Bonchev–Trinajstić information content (AvgIpc) is 2.79. The summed E-state index contributed by atoms with van der Waals surface area (Å²) in [7, 11) is 0. The topological polar surface area (TPSA) is 15.6 Å². The van der Waals surface area contributed by atoms with Gasteiger partial charge in [-0.05, 0) is 50.7 Å². The lowest BCUT2D eigenvalue weighted by atomic mass is 9.97. The Morgan fingerprint density at radius 1 is 1.04 bits per heavy atom. The Bertz CT molecular complexity index is 747. The minimum Gasteiger partial charge on any atom is -0.304 e. The molecule has 3 heteroatoms. The summed E-state index contributed by atoms with van der Waals surface area (Å²) in [5.74, 6) is 1.02. The molecule has 1 aliphatic rings. The maximum absolute atomic E-state index is 5.08. The zero-order valence-corrected chi connectivity index (χ0v) is 16.4. The van der Waals surface area contributed by atoms with Gasteiger partial charge in [-0.25, -0.2) is 0 Å². The molecule has 0 fully saturated rings. The summed E-state index contributed by atoms with van der Waals surface area (Å²) in [6.45, 7) is 10.9. The lowest BCUT2D eigenvalue weighted by Gasteiger charge is -2.17. The summed E-state index contributed by atoms with van der Waals surface area (Å²) < 4.78 is 0. The van der Waals surface area contributed by atoms with E-state index in [-0.39, 0.29) is 0 Å². The molecule has 0 atom stereocenters. The molecule has 1 aliphatic heterocycles. The first-order chi connectivity index (χ1) is 12.2. The number of fused-ring (bicyclic) bond motifs is 2. The molecule has 2 aromatic rings. The molecule has 0 aromatic heterocycles. The molecule has 0 radical (unpaired) electrons. The van der Waals surface area contributed by atoms with Crippen molar-refractivity contribution in [2.45, 2.75) is 37.8 Å². The number of thioether (sulfide) groups is 1. The van der Waals surface area contributed by atoms with Gasteiger partial charge in [0.15, 0.2) is 0 Å². The number of rotatable bonds is 6. The fourth-order valence-electron chi connectivity index (χ4n) is 3.33. The molecule has 1 heterocycles. The van der Waals surface area contributed by atoms with E-state index < -0.39 is 0 Å². The Hall–Kier alpha value is -1.58. The number of hydrogen-bond acceptors (Lipinski definition) is 3. The van der Waals surface area contributed by atoms with Gasteiger partial charge in [0.2, 0.25) is 0 Å². The van der Waals surface area contributed by atoms with E-state index in [1.165, 1.54) is 32.9 Å². The third kappa shape index (κ3) is 4.34. The van der Waals surface area contributed by atoms with Crippen LogP contribution in [0.25, 0.3) is 0 Å². The second kappa shape index (κ2) is 8.68. The maximum atomic E-state index is 5.08. The van der Waals surface area contributed by atoms with Crippen molar-refractivity contribution in [3.63, 3.8) is 0 Å². The molecule has 132 valence electrons. The van der Waals surface area contributed by atoms with Gasteiger partial charge in [0, 0.05) is 28.3 Å². The number of aryl methyl sites for hydroxylation is 1. The first-order valence-corrected chi connectivity index (χ1v) is 10.3. The molecule has 0 amide bonds. The van der Waals surface area contributed by atoms with Crippen LogP contribution in [0, 0.1) is 6.92 Å². The van der Waals surface area contributed by atoms with Crippen molar-refractivity contribution < 1.29 is 0 Å². The van der Waals surface area contributed by atoms with Crippen LogP contribution in [0.4, 0.5) is 0 Å². The fourth-order valence-corrected chi connectivity index (χ4v) is 4.37. The predicted molar refractivity (Wildman–Crippen MR) is 110 cm³/mol. The smallest absolute Gasteiger partial charge is 0.0733 e. The minimum atomic E-state index is 0.887. The summed E-state index contributed by atoms with van der Waals surface area (Å²) in [4.78, 5) is 8.90. The van der Waals surface area contributed by atoms with Gasteiger partial charge in [0.25, 0.3) is 0 Å². The Morgan fingerprint density at radius 2 is 1.84 bits per heavy atom. The van der Waals surface area contributed by atoms with Gasteiger partial charge in [-0.2, -0.15) is 0 Å². The van der Waals surface area contributed by atoms with Crippen molar-refractivity contribution >= 4 is 17.5 Å². The monoisotopic (exact) mass is 352 g/mol. The summed E-state index contributed by atoms with van der Waals surface area (Å²) in [5.41, 5.74) is 6.48. The van der Waals surface area contributed by atoms with E-state index in [1.807, 2.05) is 11.8 Å². The maximum Gasteiger partial charge on any atom is 0.0733 e. The van der Waals surface area contributed by atoms with E-state index in [1.54, 1.807) is 0 Å². The van der Waals surface area contributed by atoms with E-state index in [0.717, 1.165) is 38.4 Å². The van der Waals surface area contributed by atoms with E-state index in [9.17, 15) is 0 Å². The van der Waals surface area contributed by atoms with Gasteiger partial charge in [-0.3, -0.25) is 4.99 Å². The quantitative estimate of drug-likeness (QED) is 0.667. The van der Waals surface area contributed by atoms with Crippen molar-refractivity contribution in [2.75, 3.05) is 26.2 Å². The molecule has 0 N–H and O–H groups in total. The van der Waals surface area contributed by atoms with Crippen LogP contribution in [0.15, 0.2) is 52.4 Å². The molecule has 2 aromatic carbocycles. The normalized spacial score (nSPS) is 15.1. The van der Waals surface area contributed by atoms with Gasteiger partial charge in [0.1, 0.15) is 0 Å². The van der Waals surface area contributed by atoms with Crippen LogP contribution in [0.1, 0.15) is 42.5 Å². The molecule has 25 heavy (non-hydrogen) atoms. The van der Waals surface area contributed by atoms with Crippen LogP contribution in [0.5, 0.6) is 0 Å². The molecule has 2 nitrogen and oxygen atoms in total. The summed E-state index contributed by atoms with van der Waals surface area (Å²) in [6, 6.07) is 15.5. The highest BCUT2D eigenvalue weighted by molar-refractivity contribution is 7.98. The van der Waals surface area contributed by atoms with E-state index in [2.05, 4.69) is 68.1 Å². The van der Waals surface area contributed by atoms with Gasteiger partial charge >= 0.3 is 0 Å². The van der Waals surface area contributed by atoms with E-state index in [4.69, 9.17) is 4.99 Å². The molecular formula is C22H28N2S. The predicted octanol–water partition coefficient (Wildman–Crippen LogP) is 5.17. The van der Waals surface area contributed by atoms with Crippen LogP contribution in [-0.2, 0) is 5.75 Å². The van der Waals surface area contributed by atoms with Crippen molar-refractivity contribution in [3.05, 3.63) is 64.7 Å². The van der Waals surface area contributed by atoms with Gasteiger partial charge in [0.05, 0.1) is 5.71 Å². The van der Waals surface area contributed by atoms with Gasteiger partial charge in [-0.1, -0.05) is 49.7 Å². The minimum absolute atomic E-state index is 0.887. The van der Waals surface area contributed by atoms with Crippen molar-refractivity contribution in [1.82, 2.24) is 4.90 Å². The first-order valence-electron chi connectivity index (χ1n) is 9.31.